The molecule has 24 heavy (non-hydrogen) atoms. The first kappa shape index (κ1) is 19.9. The van der Waals surface area contributed by atoms with Gasteiger partial charge in [-0.15, -0.1) is 0 Å². The van der Waals surface area contributed by atoms with Crippen molar-refractivity contribution < 1.29 is 42.5 Å². The molecule has 0 spiro atoms. The van der Waals surface area contributed by atoms with Gasteiger partial charge in [-0.3, -0.25) is 9.59 Å². The molecule has 5 N–H and O–H groups in total. The quantitative estimate of drug-likeness (QED) is 0.273. The van der Waals surface area contributed by atoms with Gasteiger partial charge in [-0.05, 0) is 13.0 Å². The van der Waals surface area contributed by atoms with Crippen LogP contribution in [0.3, 0.4) is 0 Å². The van der Waals surface area contributed by atoms with Gasteiger partial charge in [0.2, 0.25) is 0 Å². The normalized spacial score (nSPS) is 15.5. The second kappa shape index (κ2) is 6.42. The Labute approximate surface area is 136 Å². The summed E-state index contributed by atoms with van der Waals surface area (Å²) >= 11 is 5.38. The Morgan fingerprint density at radius 2 is 1.83 bits per heavy atom. The Hall–Kier alpha value is -2.11. The lowest BCUT2D eigenvalue weighted by Gasteiger charge is -2.35. The van der Waals surface area contributed by atoms with Crippen molar-refractivity contribution in [1.82, 2.24) is 0 Å². The predicted octanol–water partition coefficient (Wildman–Crippen LogP) is 1.41. The van der Waals surface area contributed by atoms with E-state index in [1.807, 2.05) is 0 Å². The van der Waals surface area contributed by atoms with Crippen LogP contribution in [0.15, 0.2) is 12.1 Å². The topological polar surface area (TPSA) is 124 Å². The molecule has 0 saturated heterocycles. The molecule has 1 aromatic carbocycles. The Morgan fingerprint density at radius 3 is 2.25 bits per heavy atom. The molecule has 0 fully saturated rings. The molecule has 0 heterocycles. The number of aliphatic hydroxyl groups is 1. The third-order valence-corrected chi connectivity index (χ3v) is 3.55. The highest BCUT2D eigenvalue weighted by Crippen LogP contribution is 2.39. The fourth-order valence-corrected chi connectivity index (χ4v) is 1.89. The summed E-state index contributed by atoms with van der Waals surface area (Å²) in [5.74, 6) is -4.23. The summed E-state index contributed by atoms with van der Waals surface area (Å²) < 4.78 is 53.1. The summed E-state index contributed by atoms with van der Waals surface area (Å²) in [7, 11) is 0. The first-order valence-corrected chi connectivity index (χ1v) is 6.42. The molecule has 0 aliphatic rings. The molecule has 0 bridgehead atoms. The van der Waals surface area contributed by atoms with Crippen LogP contribution in [0, 0.1) is 11.7 Å². The van der Waals surface area contributed by atoms with Crippen LogP contribution >= 0.6 is 11.6 Å². The molecule has 2 unspecified atom stereocenters. The Kier molecular flexibility index (Phi) is 5.33. The third kappa shape index (κ3) is 3.23. The Balaban J connectivity index is 3.45. The monoisotopic (exact) mass is 374 g/mol. The van der Waals surface area contributed by atoms with Gasteiger partial charge in [0.15, 0.2) is 0 Å². The molecule has 0 aromatic heterocycles. The number of amides is 1. The number of phenols is 1. The average molecular weight is 375 g/mol. The number of halogens is 5. The Morgan fingerprint density at radius 1 is 1.33 bits per heavy atom. The number of hydrogen-bond acceptors (Lipinski definition) is 5. The lowest BCUT2D eigenvalue weighted by Crippen LogP contribution is -2.65. The molecule has 1 rings (SSSR count). The zero-order valence-electron chi connectivity index (χ0n) is 11.8. The number of carbonyl (C=O) groups excluding carboxylic acids is 1. The summed E-state index contributed by atoms with van der Waals surface area (Å²) in [5.41, 5.74) is -5.49. The van der Waals surface area contributed by atoms with Crippen LogP contribution in [0.5, 0.6) is 5.75 Å². The molecule has 1 amide bonds. The number of phenolic OH excluding ortho intramolecular Hbond substituents is 1. The number of carboxylic acids is 1. The van der Waals surface area contributed by atoms with Crippen LogP contribution in [0.25, 0.3) is 0 Å². The summed E-state index contributed by atoms with van der Waals surface area (Å²) in [4.78, 5) is 22.8. The molecule has 134 valence electrons. The van der Waals surface area contributed by atoms with Crippen LogP contribution < -0.4 is 10.9 Å². The van der Waals surface area contributed by atoms with Crippen molar-refractivity contribution in [3.63, 3.8) is 0 Å². The van der Waals surface area contributed by atoms with Crippen molar-refractivity contribution in [3.8, 4) is 5.75 Å². The van der Waals surface area contributed by atoms with Gasteiger partial charge in [0.1, 0.15) is 23.2 Å². The second-order valence-electron chi connectivity index (χ2n) is 4.75. The molecule has 12 heteroatoms. The molecule has 2 atom stereocenters. The van der Waals surface area contributed by atoms with E-state index in [4.69, 9.17) is 22.6 Å². The zero-order valence-corrected chi connectivity index (χ0v) is 12.6. The van der Waals surface area contributed by atoms with Crippen molar-refractivity contribution in [3.05, 3.63) is 23.0 Å². The summed E-state index contributed by atoms with van der Waals surface area (Å²) in [6.45, 7) is 0.428. The van der Waals surface area contributed by atoms with Crippen LogP contribution in [0.1, 0.15) is 6.92 Å². The highest BCUT2D eigenvalue weighted by molar-refractivity contribution is 6.32. The maximum atomic E-state index is 13.7. The molecule has 1 aromatic rings. The van der Waals surface area contributed by atoms with E-state index < -0.39 is 56.9 Å². The number of alkyl halides is 3. The first-order chi connectivity index (χ1) is 10.7. The fourth-order valence-electron chi connectivity index (χ4n) is 1.73. The van der Waals surface area contributed by atoms with E-state index in [2.05, 4.69) is 0 Å². The number of aromatic hydroxyl groups is 1. The number of hydrazine groups is 1. The molecule has 0 aliphatic carbocycles. The number of carbonyl (C=O) groups is 2. The second-order valence-corrected chi connectivity index (χ2v) is 5.16. The molecule has 0 aliphatic heterocycles. The molecule has 7 nitrogen and oxygen atoms in total. The minimum Gasteiger partial charge on any atom is -0.506 e. The van der Waals surface area contributed by atoms with Crippen LogP contribution in [-0.4, -0.2) is 39.0 Å². The number of aliphatic carboxylic acids is 1. The van der Waals surface area contributed by atoms with E-state index in [1.54, 1.807) is 0 Å². The lowest BCUT2D eigenvalue weighted by molar-refractivity contribution is -0.265. The fraction of sp³-hybridized carbons (Fsp3) is 0.333. The van der Waals surface area contributed by atoms with E-state index in [-0.39, 0.29) is 0 Å². The minimum atomic E-state index is -5.73. The number of anilines is 1. The van der Waals surface area contributed by atoms with E-state index in [0.29, 0.717) is 19.1 Å². The maximum Gasteiger partial charge on any atom is 0.427 e. The Bertz CT molecular complexity index is 684. The van der Waals surface area contributed by atoms with Gasteiger partial charge in [0.25, 0.3) is 11.5 Å². The number of rotatable bonds is 4. The van der Waals surface area contributed by atoms with E-state index >= 15 is 0 Å². The number of nitrogens with two attached hydrogens (primary N) is 1. The first-order valence-electron chi connectivity index (χ1n) is 6.04. The predicted molar refractivity (Wildman–Crippen MR) is 72.6 cm³/mol. The summed E-state index contributed by atoms with van der Waals surface area (Å²) in [5, 5.41) is 26.8. The molecular formula is C12H11ClF4N2O5. The van der Waals surface area contributed by atoms with Gasteiger partial charge in [0.05, 0.1) is 5.02 Å². The number of hydrogen-bond donors (Lipinski definition) is 4. The number of benzene rings is 1. The smallest absolute Gasteiger partial charge is 0.427 e. The zero-order chi connectivity index (χ0) is 19.0. The molecular weight excluding hydrogens is 364 g/mol. The van der Waals surface area contributed by atoms with Crippen molar-refractivity contribution in [2.75, 3.05) is 5.01 Å². The average Bonchev–Trinajstić information content (AvgIpc) is 2.46. The largest absolute Gasteiger partial charge is 0.506 e. The van der Waals surface area contributed by atoms with Gasteiger partial charge in [-0.25, -0.2) is 15.2 Å². The minimum absolute atomic E-state index is 0.428. The molecule has 0 saturated carbocycles. The van der Waals surface area contributed by atoms with Crippen molar-refractivity contribution in [1.29, 1.82) is 0 Å². The highest BCUT2D eigenvalue weighted by Gasteiger charge is 2.66. The maximum absolute atomic E-state index is 13.7. The third-order valence-electron chi connectivity index (χ3n) is 3.25. The van der Waals surface area contributed by atoms with Gasteiger partial charge >= 0.3 is 12.1 Å². The van der Waals surface area contributed by atoms with Crippen LogP contribution in [-0.2, 0) is 9.59 Å². The number of carboxylic acid groups (broad SMARTS) is 1. The van der Waals surface area contributed by atoms with Crippen LogP contribution in [0.2, 0.25) is 5.02 Å². The van der Waals surface area contributed by atoms with E-state index in [1.165, 1.54) is 0 Å². The van der Waals surface area contributed by atoms with Crippen molar-refractivity contribution >= 4 is 29.2 Å². The highest BCUT2D eigenvalue weighted by atomic mass is 35.5. The van der Waals surface area contributed by atoms with Crippen molar-refractivity contribution in [2.45, 2.75) is 18.7 Å². The van der Waals surface area contributed by atoms with Gasteiger partial charge in [0, 0.05) is 6.07 Å². The van der Waals surface area contributed by atoms with E-state index in [9.17, 15) is 37.4 Å². The van der Waals surface area contributed by atoms with E-state index in [0.717, 1.165) is 0 Å². The SMILES string of the molecule is CC(C(=O)O)C(O)(C(=O)N(N)c1cc(O)c(Cl)cc1F)C(F)(F)F. The van der Waals surface area contributed by atoms with Crippen molar-refractivity contribution in [2.24, 2.45) is 11.8 Å². The lowest BCUT2D eigenvalue weighted by atomic mass is 9.86. The number of nitrogens with zero attached hydrogens (tertiary/aromatic N) is 1. The van der Waals surface area contributed by atoms with Crippen LogP contribution in [0.4, 0.5) is 23.2 Å². The van der Waals surface area contributed by atoms with Gasteiger partial charge in [-0.1, -0.05) is 11.6 Å². The standard InChI is InChI=1S/C12H11ClF4N2O5/c1-4(9(21)22)11(24,12(15,16)17)10(23)19(18)7-3-8(20)5(13)2-6(7)14/h2-4,20,24H,18H2,1H3,(H,21,22). The van der Waals surface area contributed by atoms with Gasteiger partial charge in [-0.2, -0.15) is 13.2 Å². The van der Waals surface area contributed by atoms with Gasteiger partial charge < -0.3 is 15.3 Å². The summed E-state index contributed by atoms with van der Waals surface area (Å²) in [6.07, 6.45) is -5.73. The molecule has 0 radical (unpaired) electrons. The summed E-state index contributed by atoms with van der Waals surface area (Å²) in [6, 6.07) is 0.907.